The molecule has 0 fully saturated rings. The van der Waals surface area contributed by atoms with Crippen LogP contribution in [0, 0.1) is 0 Å². The van der Waals surface area contributed by atoms with Gasteiger partial charge in [-0.25, -0.2) is 0 Å². The largest absolute Gasteiger partial charge is 0.342 e. The fourth-order valence-electron chi connectivity index (χ4n) is 2.29. The summed E-state index contributed by atoms with van der Waals surface area (Å²) in [6.07, 6.45) is 3.55. The number of hydrogen-bond donors (Lipinski definition) is 0. The number of amides is 2. The average molecular weight is 373 g/mol. The van der Waals surface area contributed by atoms with E-state index >= 15 is 0 Å². The van der Waals surface area contributed by atoms with E-state index in [0.717, 1.165) is 25.7 Å². The van der Waals surface area contributed by atoms with Crippen LogP contribution in [0.1, 0.15) is 46.4 Å². The van der Waals surface area contributed by atoms with Crippen molar-refractivity contribution in [3.05, 3.63) is 35.4 Å². The van der Waals surface area contributed by atoms with E-state index in [1.807, 2.05) is 0 Å². The normalized spacial score (nSPS) is 10.5. The summed E-state index contributed by atoms with van der Waals surface area (Å²) in [5, 5.41) is 0. The Labute approximate surface area is 154 Å². The molecule has 1 aromatic carbocycles. The van der Waals surface area contributed by atoms with Crippen LogP contribution in [0.5, 0.6) is 0 Å². The van der Waals surface area contributed by atoms with Gasteiger partial charge in [0.15, 0.2) is 0 Å². The van der Waals surface area contributed by atoms with E-state index in [9.17, 15) is 9.59 Å². The van der Waals surface area contributed by atoms with E-state index in [1.165, 1.54) is 0 Å². The van der Waals surface area contributed by atoms with Crippen molar-refractivity contribution >= 4 is 35.0 Å². The van der Waals surface area contributed by atoms with Gasteiger partial charge >= 0.3 is 0 Å². The van der Waals surface area contributed by atoms with Crippen LogP contribution >= 0.6 is 23.2 Å². The summed E-state index contributed by atoms with van der Waals surface area (Å²) >= 11 is 11.3. The van der Waals surface area contributed by atoms with Crippen molar-refractivity contribution < 1.29 is 9.59 Å². The van der Waals surface area contributed by atoms with Crippen LogP contribution < -0.4 is 0 Å². The lowest BCUT2D eigenvalue weighted by Crippen LogP contribution is -2.29. The molecular formula is C18H26Cl2N2O2. The van der Waals surface area contributed by atoms with E-state index in [1.54, 1.807) is 48.2 Å². The van der Waals surface area contributed by atoms with Gasteiger partial charge in [0.25, 0.3) is 11.8 Å². The Kier molecular flexibility index (Phi) is 9.80. The Morgan fingerprint density at radius 2 is 1.08 bits per heavy atom. The average Bonchev–Trinajstić information content (AvgIpc) is 2.60. The SMILES string of the molecule is CN(CCCCCl)C(=O)c1ccc(C(=O)N(C)CCCCCl)cc1. The Morgan fingerprint density at radius 3 is 1.38 bits per heavy atom. The Bertz CT molecular complexity index is 473. The second kappa shape index (κ2) is 11.3. The predicted octanol–water partition coefficient (Wildman–Crippen LogP) is 3.87. The minimum atomic E-state index is -0.0426. The lowest BCUT2D eigenvalue weighted by molar-refractivity contribution is 0.0781. The number of carbonyl (C=O) groups is 2. The number of carbonyl (C=O) groups excluding carboxylic acids is 2. The molecule has 0 N–H and O–H groups in total. The van der Waals surface area contributed by atoms with E-state index < -0.39 is 0 Å². The topological polar surface area (TPSA) is 40.6 Å². The molecular weight excluding hydrogens is 347 g/mol. The van der Waals surface area contributed by atoms with Crippen molar-refractivity contribution in [2.75, 3.05) is 38.9 Å². The third-order valence-corrected chi connectivity index (χ3v) is 4.36. The molecule has 0 aliphatic carbocycles. The summed E-state index contributed by atoms with van der Waals surface area (Å²) in [7, 11) is 3.56. The van der Waals surface area contributed by atoms with Gasteiger partial charge < -0.3 is 9.80 Å². The Hall–Kier alpha value is -1.26. The Balaban J connectivity index is 2.61. The second-order valence-electron chi connectivity index (χ2n) is 5.82. The van der Waals surface area contributed by atoms with Gasteiger partial charge in [-0.3, -0.25) is 9.59 Å². The summed E-state index contributed by atoms with van der Waals surface area (Å²) in [5.74, 6) is 1.13. The highest BCUT2D eigenvalue weighted by Crippen LogP contribution is 2.10. The first-order valence-electron chi connectivity index (χ1n) is 8.24. The van der Waals surface area contributed by atoms with E-state index in [4.69, 9.17) is 23.2 Å². The van der Waals surface area contributed by atoms with E-state index in [0.29, 0.717) is 36.0 Å². The van der Waals surface area contributed by atoms with Gasteiger partial charge in [-0.05, 0) is 49.9 Å². The molecule has 0 radical (unpaired) electrons. The van der Waals surface area contributed by atoms with Gasteiger partial charge in [0, 0.05) is 50.1 Å². The highest BCUT2D eigenvalue weighted by molar-refractivity contribution is 6.18. The smallest absolute Gasteiger partial charge is 0.253 e. The monoisotopic (exact) mass is 372 g/mol. The highest BCUT2D eigenvalue weighted by Gasteiger charge is 2.14. The van der Waals surface area contributed by atoms with Gasteiger partial charge in [-0.2, -0.15) is 0 Å². The minimum absolute atomic E-state index is 0.0426. The van der Waals surface area contributed by atoms with Gasteiger partial charge in [0.05, 0.1) is 0 Å². The van der Waals surface area contributed by atoms with Crippen LogP contribution in [0.25, 0.3) is 0 Å². The zero-order valence-electron chi connectivity index (χ0n) is 14.4. The molecule has 0 unspecified atom stereocenters. The highest BCUT2D eigenvalue weighted by atomic mass is 35.5. The molecule has 134 valence electrons. The standard InChI is InChI=1S/C18H26Cl2N2O2/c1-21(13-5-3-11-19)17(23)15-7-9-16(10-8-15)18(24)22(2)14-6-4-12-20/h7-10H,3-6,11-14H2,1-2H3. The van der Waals surface area contributed by atoms with Gasteiger partial charge in [-0.15, -0.1) is 23.2 Å². The molecule has 0 aromatic heterocycles. The van der Waals surface area contributed by atoms with Crippen molar-refractivity contribution in [3.8, 4) is 0 Å². The molecule has 0 spiro atoms. The first kappa shape index (κ1) is 20.8. The fourth-order valence-corrected chi connectivity index (χ4v) is 2.66. The van der Waals surface area contributed by atoms with Crippen LogP contribution in [0.3, 0.4) is 0 Å². The molecule has 2 amide bonds. The number of rotatable bonds is 10. The van der Waals surface area contributed by atoms with Crippen molar-refractivity contribution in [2.24, 2.45) is 0 Å². The lowest BCUT2D eigenvalue weighted by atomic mass is 10.1. The van der Waals surface area contributed by atoms with Crippen LogP contribution in [0.4, 0.5) is 0 Å². The van der Waals surface area contributed by atoms with Crippen molar-refractivity contribution in [2.45, 2.75) is 25.7 Å². The van der Waals surface area contributed by atoms with Gasteiger partial charge in [-0.1, -0.05) is 0 Å². The molecule has 24 heavy (non-hydrogen) atoms. The number of unbranched alkanes of at least 4 members (excludes halogenated alkanes) is 2. The first-order valence-corrected chi connectivity index (χ1v) is 9.31. The summed E-state index contributed by atoms with van der Waals surface area (Å²) in [5.41, 5.74) is 1.18. The molecule has 0 saturated heterocycles. The van der Waals surface area contributed by atoms with Crippen LogP contribution in [0.2, 0.25) is 0 Å². The maximum absolute atomic E-state index is 12.3. The van der Waals surface area contributed by atoms with E-state index in [2.05, 4.69) is 0 Å². The van der Waals surface area contributed by atoms with Crippen molar-refractivity contribution in [3.63, 3.8) is 0 Å². The summed E-state index contributed by atoms with van der Waals surface area (Å²) < 4.78 is 0. The first-order chi connectivity index (χ1) is 11.5. The van der Waals surface area contributed by atoms with Gasteiger partial charge in [0.2, 0.25) is 0 Å². The quantitative estimate of drug-likeness (QED) is 0.462. The number of halogens is 2. The van der Waals surface area contributed by atoms with Crippen LogP contribution in [-0.4, -0.2) is 60.6 Å². The Morgan fingerprint density at radius 1 is 0.750 bits per heavy atom. The van der Waals surface area contributed by atoms with Gasteiger partial charge in [0.1, 0.15) is 0 Å². The third kappa shape index (κ3) is 6.70. The summed E-state index contributed by atoms with van der Waals surface area (Å²) in [6.45, 7) is 1.35. The molecule has 0 aliphatic heterocycles. The number of alkyl halides is 2. The molecule has 0 saturated carbocycles. The fraction of sp³-hybridized carbons (Fsp3) is 0.556. The second-order valence-corrected chi connectivity index (χ2v) is 6.58. The summed E-state index contributed by atoms with van der Waals surface area (Å²) in [6, 6.07) is 6.83. The maximum atomic E-state index is 12.3. The zero-order valence-corrected chi connectivity index (χ0v) is 15.9. The number of hydrogen-bond acceptors (Lipinski definition) is 2. The van der Waals surface area contributed by atoms with Crippen molar-refractivity contribution in [1.82, 2.24) is 9.80 Å². The molecule has 0 bridgehead atoms. The third-order valence-electron chi connectivity index (χ3n) is 3.83. The van der Waals surface area contributed by atoms with Crippen LogP contribution in [0.15, 0.2) is 24.3 Å². The number of nitrogens with zero attached hydrogens (tertiary/aromatic N) is 2. The van der Waals surface area contributed by atoms with Crippen molar-refractivity contribution in [1.29, 1.82) is 0 Å². The molecule has 0 atom stereocenters. The summed E-state index contributed by atoms with van der Waals surface area (Å²) in [4.78, 5) is 28.0. The van der Waals surface area contributed by atoms with E-state index in [-0.39, 0.29) is 11.8 Å². The molecule has 1 aromatic rings. The molecule has 0 aliphatic rings. The molecule has 1 rings (SSSR count). The molecule has 6 heteroatoms. The lowest BCUT2D eigenvalue weighted by Gasteiger charge is -2.18. The zero-order chi connectivity index (χ0) is 17.9. The number of benzene rings is 1. The van der Waals surface area contributed by atoms with Crippen LogP contribution in [-0.2, 0) is 0 Å². The molecule has 0 heterocycles. The predicted molar refractivity (Wildman–Crippen MR) is 100 cm³/mol. The minimum Gasteiger partial charge on any atom is -0.342 e. The molecule has 4 nitrogen and oxygen atoms in total. The maximum Gasteiger partial charge on any atom is 0.253 e.